The average molecular weight is 351 g/mol. The standard InChI is InChI=1S/C20H25N5O/c1-14(2)19(15-8-7-11-21-12-15)23-20(26)24(3)13-18-22-16-9-5-6-10-17(16)25(18)4/h5-12,14,19H,13H2,1-4H3,(H,23,26)/t19-/m0/s1. The Morgan fingerprint density at radius 3 is 2.65 bits per heavy atom. The first-order valence-corrected chi connectivity index (χ1v) is 8.79. The van der Waals surface area contributed by atoms with Crippen LogP contribution in [0.15, 0.2) is 48.8 Å². The summed E-state index contributed by atoms with van der Waals surface area (Å²) in [5.74, 6) is 1.11. The summed E-state index contributed by atoms with van der Waals surface area (Å²) in [6, 6.07) is 11.6. The Kier molecular flexibility index (Phi) is 5.21. The summed E-state index contributed by atoms with van der Waals surface area (Å²) in [7, 11) is 3.76. The van der Waals surface area contributed by atoms with E-state index in [-0.39, 0.29) is 18.0 Å². The van der Waals surface area contributed by atoms with Gasteiger partial charge >= 0.3 is 6.03 Å². The van der Waals surface area contributed by atoms with Crippen LogP contribution < -0.4 is 5.32 Å². The van der Waals surface area contributed by atoms with Gasteiger partial charge in [-0.3, -0.25) is 4.98 Å². The molecule has 3 rings (SSSR count). The molecule has 0 radical (unpaired) electrons. The molecule has 1 aromatic carbocycles. The molecule has 0 bridgehead atoms. The number of aryl methyl sites for hydroxylation is 1. The molecule has 6 heteroatoms. The van der Waals surface area contributed by atoms with E-state index in [0.29, 0.717) is 6.54 Å². The van der Waals surface area contributed by atoms with Crippen molar-refractivity contribution in [2.45, 2.75) is 26.4 Å². The third kappa shape index (κ3) is 3.69. The summed E-state index contributed by atoms with van der Waals surface area (Å²) >= 11 is 0. The lowest BCUT2D eigenvalue weighted by Gasteiger charge is -2.26. The van der Waals surface area contributed by atoms with Crippen LogP contribution in [0.4, 0.5) is 4.79 Å². The second kappa shape index (κ2) is 7.56. The number of nitrogens with zero attached hydrogens (tertiary/aromatic N) is 4. The monoisotopic (exact) mass is 351 g/mol. The molecule has 2 heterocycles. The van der Waals surface area contributed by atoms with Crippen molar-refractivity contribution in [3.05, 3.63) is 60.2 Å². The first kappa shape index (κ1) is 17.9. The molecule has 2 aromatic heterocycles. The highest BCUT2D eigenvalue weighted by Crippen LogP contribution is 2.21. The predicted octanol–water partition coefficient (Wildman–Crippen LogP) is 3.51. The maximum Gasteiger partial charge on any atom is 0.318 e. The van der Waals surface area contributed by atoms with E-state index in [2.05, 4.69) is 29.1 Å². The summed E-state index contributed by atoms with van der Waals surface area (Å²) in [6.07, 6.45) is 3.54. The van der Waals surface area contributed by atoms with Crippen molar-refractivity contribution in [1.82, 2.24) is 24.8 Å². The summed E-state index contributed by atoms with van der Waals surface area (Å²) in [6.45, 7) is 4.61. The third-order valence-corrected chi connectivity index (χ3v) is 4.59. The molecule has 0 aliphatic rings. The maximum atomic E-state index is 12.7. The average Bonchev–Trinajstić information content (AvgIpc) is 2.96. The first-order chi connectivity index (χ1) is 12.5. The van der Waals surface area contributed by atoms with Crippen molar-refractivity contribution in [2.75, 3.05) is 7.05 Å². The zero-order chi connectivity index (χ0) is 18.7. The first-order valence-electron chi connectivity index (χ1n) is 8.79. The quantitative estimate of drug-likeness (QED) is 0.765. The molecule has 0 fully saturated rings. The second-order valence-corrected chi connectivity index (χ2v) is 6.89. The number of amides is 2. The van der Waals surface area contributed by atoms with Crippen molar-refractivity contribution < 1.29 is 4.79 Å². The van der Waals surface area contributed by atoms with Crippen LogP contribution in [0.3, 0.4) is 0 Å². The Labute approximate surface area is 153 Å². The van der Waals surface area contributed by atoms with Crippen molar-refractivity contribution >= 4 is 17.1 Å². The SMILES string of the molecule is CC(C)[C@H](NC(=O)N(C)Cc1nc2ccccc2n1C)c1cccnc1. The van der Waals surface area contributed by atoms with Gasteiger partial charge in [-0.25, -0.2) is 9.78 Å². The van der Waals surface area contributed by atoms with Crippen molar-refractivity contribution in [2.24, 2.45) is 13.0 Å². The Morgan fingerprint density at radius 1 is 1.23 bits per heavy atom. The summed E-state index contributed by atoms with van der Waals surface area (Å²) in [5, 5.41) is 3.12. The topological polar surface area (TPSA) is 63.1 Å². The second-order valence-electron chi connectivity index (χ2n) is 6.89. The smallest absolute Gasteiger partial charge is 0.318 e. The summed E-state index contributed by atoms with van der Waals surface area (Å²) in [5.41, 5.74) is 3.01. The number of benzene rings is 1. The molecule has 0 unspecified atom stereocenters. The fourth-order valence-corrected chi connectivity index (χ4v) is 3.06. The number of urea groups is 1. The number of imidazole rings is 1. The van der Waals surface area contributed by atoms with Gasteiger partial charge in [0.15, 0.2) is 0 Å². The van der Waals surface area contributed by atoms with Gasteiger partial charge in [0.25, 0.3) is 0 Å². The van der Waals surface area contributed by atoms with Gasteiger partial charge in [-0.1, -0.05) is 32.0 Å². The molecule has 0 saturated carbocycles. The van der Waals surface area contributed by atoms with Crippen LogP contribution in [0.25, 0.3) is 11.0 Å². The number of rotatable bonds is 5. The van der Waals surface area contributed by atoms with Gasteiger partial charge in [0.2, 0.25) is 0 Å². The largest absolute Gasteiger partial charge is 0.331 e. The molecule has 3 aromatic rings. The van der Waals surface area contributed by atoms with Gasteiger partial charge in [0.05, 0.1) is 23.6 Å². The molecule has 0 saturated heterocycles. The predicted molar refractivity (Wildman–Crippen MR) is 103 cm³/mol. The normalized spacial score (nSPS) is 12.3. The lowest BCUT2D eigenvalue weighted by atomic mass is 9.98. The number of hydrogen-bond donors (Lipinski definition) is 1. The van der Waals surface area contributed by atoms with Crippen LogP contribution in [-0.4, -0.2) is 32.5 Å². The molecule has 0 aliphatic heterocycles. The summed E-state index contributed by atoms with van der Waals surface area (Å²) < 4.78 is 2.03. The van der Waals surface area contributed by atoms with Gasteiger partial charge in [0, 0.05) is 26.5 Å². The zero-order valence-corrected chi connectivity index (χ0v) is 15.7. The summed E-state index contributed by atoms with van der Waals surface area (Å²) in [4.78, 5) is 23.2. The van der Waals surface area contributed by atoms with E-state index in [1.807, 2.05) is 48.0 Å². The fraction of sp³-hybridized carbons (Fsp3) is 0.350. The minimum Gasteiger partial charge on any atom is -0.331 e. The number of carbonyl (C=O) groups excluding carboxylic acids is 1. The highest BCUT2D eigenvalue weighted by Gasteiger charge is 2.21. The van der Waals surface area contributed by atoms with E-state index in [1.165, 1.54) is 0 Å². The van der Waals surface area contributed by atoms with E-state index >= 15 is 0 Å². The Balaban J connectivity index is 1.73. The maximum absolute atomic E-state index is 12.7. The van der Waals surface area contributed by atoms with Gasteiger partial charge in [-0.05, 0) is 29.7 Å². The van der Waals surface area contributed by atoms with Crippen molar-refractivity contribution in [3.63, 3.8) is 0 Å². The Bertz CT molecular complexity index is 888. The van der Waals surface area contributed by atoms with E-state index in [4.69, 9.17) is 0 Å². The van der Waals surface area contributed by atoms with Crippen LogP contribution in [0.1, 0.15) is 31.3 Å². The van der Waals surface area contributed by atoms with E-state index in [0.717, 1.165) is 22.4 Å². The van der Waals surface area contributed by atoms with Crippen LogP contribution in [0.2, 0.25) is 0 Å². The number of carbonyl (C=O) groups is 1. The number of hydrogen-bond acceptors (Lipinski definition) is 3. The lowest BCUT2D eigenvalue weighted by molar-refractivity contribution is 0.197. The molecular weight excluding hydrogens is 326 g/mol. The minimum absolute atomic E-state index is 0.0842. The van der Waals surface area contributed by atoms with Crippen LogP contribution in [0.5, 0.6) is 0 Å². The molecule has 6 nitrogen and oxygen atoms in total. The molecule has 136 valence electrons. The third-order valence-electron chi connectivity index (χ3n) is 4.59. The molecule has 0 spiro atoms. The van der Waals surface area contributed by atoms with Crippen LogP contribution in [0, 0.1) is 5.92 Å². The zero-order valence-electron chi connectivity index (χ0n) is 15.7. The Hall–Kier alpha value is -2.89. The Morgan fingerprint density at radius 2 is 2.00 bits per heavy atom. The van der Waals surface area contributed by atoms with E-state index in [9.17, 15) is 4.79 Å². The van der Waals surface area contributed by atoms with Gasteiger partial charge in [-0.15, -0.1) is 0 Å². The van der Waals surface area contributed by atoms with Gasteiger partial charge in [0.1, 0.15) is 5.82 Å². The number of aromatic nitrogens is 3. The number of pyridine rings is 1. The highest BCUT2D eigenvalue weighted by atomic mass is 16.2. The van der Waals surface area contributed by atoms with Gasteiger partial charge < -0.3 is 14.8 Å². The molecular formula is C20H25N5O. The minimum atomic E-state index is -0.125. The number of nitrogens with one attached hydrogen (secondary N) is 1. The lowest BCUT2D eigenvalue weighted by Crippen LogP contribution is -2.41. The van der Waals surface area contributed by atoms with Crippen molar-refractivity contribution in [1.29, 1.82) is 0 Å². The number of para-hydroxylation sites is 2. The van der Waals surface area contributed by atoms with Gasteiger partial charge in [-0.2, -0.15) is 0 Å². The molecule has 1 atom stereocenters. The number of fused-ring (bicyclic) bond motifs is 1. The van der Waals surface area contributed by atoms with Crippen molar-refractivity contribution in [3.8, 4) is 0 Å². The molecule has 2 amide bonds. The molecule has 0 aliphatic carbocycles. The van der Waals surface area contributed by atoms with E-state index in [1.54, 1.807) is 24.3 Å². The highest BCUT2D eigenvalue weighted by molar-refractivity contribution is 5.76. The molecule has 1 N–H and O–H groups in total. The van der Waals surface area contributed by atoms with Crippen LogP contribution in [-0.2, 0) is 13.6 Å². The fourth-order valence-electron chi connectivity index (χ4n) is 3.06. The van der Waals surface area contributed by atoms with E-state index < -0.39 is 0 Å². The molecule has 26 heavy (non-hydrogen) atoms. The van der Waals surface area contributed by atoms with Crippen LogP contribution >= 0.6 is 0 Å².